The van der Waals surface area contributed by atoms with E-state index in [4.69, 9.17) is 0 Å². The number of rotatable bonds is 1. The minimum Gasteiger partial charge on any atom is -0.377 e. The van der Waals surface area contributed by atoms with Crippen molar-refractivity contribution in [2.75, 3.05) is 5.32 Å². The van der Waals surface area contributed by atoms with E-state index < -0.39 is 0 Å². The Bertz CT molecular complexity index is 858. The Labute approximate surface area is 136 Å². The first-order chi connectivity index (χ1) is 11.4. The first kappa shape index (κ1) is 13.2. The summed E-state index contributed by atoms with van der Waals surface area (Å²) in [5.41, 5.74) is 5.43. The van der Waals surface area contributed by atoms with E-state index in [1.165, 1.54) is 54.3 Å². The fraction of sp³-hybridized carbons (Fsp3) is 0.350. The maximum atomic E-state index is 4.47. The highest BCUT2D eigenvalue weighted by atomic mass is 15.0. The molecule has 1 saturated carbocycles. The second-order valence-electron chi connectivity index (χ2n) is 6.98. The van der Waals surface area contributed by atoms with Crippen molar-refractivity contribution in [2.24, 2.45) is 0 Å². The smallest absolute Gasteiger partial charge is 0.137 e. The fourth-order valence-electron chi connectivity index (χ4n) is 4.82. The number of H-pyrrole nitrogens is 1. The van der Waals surface area contributed by atoms with Crippen molar-refractivity contribution in [3.63, 3.8) is 0 Å². The van der Waals surface area contributed by atoms with E-state index in [1.807, 2.05) is 12.3 Å². The van der Waals surface area contributed by atoms with Crippen molar-refractivity contribution in [1.29, 1.82) is 0 Å². The largest absolute Gasteiger partial charge is 0.377 e. The van der Waals surface area contributed by atoms with Crippen molar-refractivity contribution in [1.82, 2.24) is 9.97 Å². The topological polar surface area (TPSA) is 40.7 Å². The standard InChI is InChI=1S/C20H21N3/c1-4-10-20(11-5-1)16-8-2-3-9-17(16)23-18(20)15-13-22-19-14(15)7-6-12-21-19/h2-3,6-9,12-13,18,23H,1,4-5,10-11H2,(H,21,22). The number of benzene rings is 1. The van der Waals surface area contributed by atoms with Gasteiger partial charge < -0.3 is 10.3 Å². The van der Waals surface area contributed by atoms with Gasteiger partial charge in [0.1, 0.15) is 5.65 Å². The average Bonchev–Trinajstić information content (AvgIpc) is 3.16. The third kappa shape index (κ3) is 1.79. The van der Waals surface area contributed by atoms with E-state index >= 15 is 0 Å². The highest BCUT2D eigenvalue weighted by Gasteiger charge is 2.48. The molecule has 1 unspecified atom stereocenters. The minimum atomic E-state index is 0.236. The van der Waals surface area contributed by atoms with Crippen LogP contribution in [0.1, 0.15) is 49.3 Å². The summed E-state index contributed by atoms with van der Waals surface area (Å²) in [7, 11) is 0. The molecule has 23 heavy (non-hydrogen) atoms. The van der Waals surface area contributed by atoms with Gasteiger partial charge in [0.05, 0.1) is 6.04 Å². The molecule has 1 spiro atoms. The number of hydrogen-bond donors (Lipinski definition) is 2. The van der Waals surface area contributed by atoms with Crippen LogP contribution in [0.5, 0.6) is 0 Å². The van der Waals surface area contributed by atoms with Crippen LogP contribution in [0.25, 0.3) is 11.0 Å². The van der Waals surface area contributed by atoms with Crippen LogP contribution in [0.15, 0.2) is 48.8 Å². The second kappa shape index (κ2) is 4.85. The molecule has 2 aliphatic rings. The summed E-state index contributed by atoms with van der Waals surface area (Å²) in [5, 5.41) is 5.09. The van der Waals surface area contributed by atoms with Gasteiger partial charge >= 0.3 is 0 Å². The molecule has 2 aromatic heterocycles. The van der Waals surface area contributed by atoms with Crippen LogP contribution in [-0.4, -0.2) is 9.97 Å². The van der Waals surface area contributed by atoms with Gasteiger partial charge in [-0.3, -0.25) is 0 Å². The molecule has 5 rings (SSSR count). The van der Waals surface area contributed by atoms with Gasteiger partial charge in [-0.2, -0.15) is 0 Å². The molecule has 0 bridgehead atoms. The van der Waals surface area contributed by atoms with Crippen LogP contribution < -0.4 is 5.32 Å². The third-order valence-corrected chi connectivity index (χ3v) is 5.86. The van der Waals surface area contributed by atoms with Gasteiger partial charge in [0.2, 0.25) is 0 Å². The van der Waals surface area contributed by atoms with Gasteiger partial charge in [-0.05, 0) is 36.6 Å². The molecule has 0 amide bonds. The molecule has 116 valence electrons. The van der Waals surface area contributed by atoms with Gasteiger partial charge in [0, 0.05) is 34.4 Å². The SMILES string of the molecule is c1ccc2c(c1)NC(c1c[nH]c3ncccc13)C21CCCCC1. The van der Waals surface area contributed by atoms with Crippen LogP contribution in [0, 0.1) is 0 Å². The van der Waals surface area contributed by atoms with E-state index in [1.54, 1.807) is 0 Å². The number of para-hydroxylation sites is 1. The number of anilines is 1. The first-order valence-corrected chi connectivity index (χ1v) is 8.66. The highest BCUT2D eigenvalue weighted by Crippen LogP contribution is 2.56. The lowest BCUT2D eigenvalue weighted by Gasteiger charge is -2.39. The Kier molecular flexibility index (Phi) is 2.78. The molecule has 1 aromatic carbocycles. The number of nitrogens with one attached hydrogen (secondary N) is 2. The Morgan fingerprint density at radius 1 is 1.00 bits per heavy atom. The van der Waals surface area contributed by atoms with Crippen LogP contribution in [0.3, 0.4) is 0 Å². The van der Waals surface area contributed by atoms with Gasteiger partial charge in [-0.15, -0.1) is 0 Å². The molecule has 3 aromatic rings. The quantitative estimate of drug-likeness (QED) is 0.669. The zero-order chi connectivity index (χ0) is 15.3. The number of aromatic nitrogens is 2. The summed E-state index contributed by atoms with van der Waals surface area (Å²) in [6.07, 6.45) is 10.6. The van der Waals surface area contributed by atoms with E-state index in [0.717, 1.165) is 5.65 Å². The first-order valence-electron chi connectivity index (χ1n) is 8.66. The molecule has 0 saturated heterocycles. The van der Waals surface area contributed by atoms with Crippen molar-refractivity contribution < 1.29 is 0 Å². The predicted octanol–water partition coefficient (Wildman–Crippen LogP) is 4.93. The summed E-state index contributed by atoms with van der Waals surface area (Å²) in [6, 6.07) is 13.5. The van der Waals surface area contributed by atoms with Crippen molar-refractivity contribution in [2.45, 2.75) is 43.6 Å². The van der Waals surface area contributed by atoms with E-state index in [9.17, 15) is 0 Å². The maximum Gasteiger partial charge on any atom is 0.137 e. The number of aromatic amines is 1. The molecular weight excluding hydrogens is 282 g/mol. The molecule has 3 nitrogen and oxygen atoms in total. The fourth-order valence-corrected chi connectivity index (χ4v) is 4.82. The molecule has 3 heteroatoms. The van der Waals surface area contributed by atoms with E-state index in [2.05, 4.69) is 51.8 Å². The normalized spacial score (nSPS) is 22.2. The van der Waals surface area contributed by atoms with Gasteiger partial charge in [0.15, 0.2) is 0 Å². The lowest BCUT2D eigenvalue weighted by atomic mass is 9.65. The van der Waals surface area contributed by atoms with Crippen LogP contribution >= 0.6 is 0 Å². The van der Waals surface area contributed by atoms with Crippen molar-refractivity contribution in [3.8, 4) is 0 Å². The predicted molar refractivity (Wildman–Crippen MR) is 93.7 cm³/mol. The van der Waals surface area contributed by atoms with E-state index in [-0.39, 0.29) is 5.41 Å². The molecule has 1 aliphatic heterocycles. The summed E-state index contributed by atoms with van der Waals surface area (Å²) in [6.45, 7) is 0. The molecule has 1 fully saturated rings. The monoisotopic (exact) mass is 303 g/mol. The third-order valence-electron chi connectivity index (χ3n) is 5.86. The average molecular weight is 303 g/mol. The second-order valence-corrected chi connectivity index (χ2v) is 6.98. The van der Waals surface area contributed by atoms with Crippen LogP contribution in [0.2, 0.25) is 0 Å². The number of nitrogens with zero attached hydrogens (tertiary/aromatic N) is 1. The zero-order valence-corrected chi connectivity index (χ0v) is 13.2. The molecule has 1 aliphatic carbocycles. The number of pyridine rings is 1. The molecule has 2 N–H and O–H groups in total. The lowest BCUT2D eigenvalue weighted by molar-refractivity contribution is 0.271. The molecular formula is C20H21N3. The summed E-state index contributed by atoms with van der Waals surface area (Å²) in [5.74, 6) is 0. The van der Waals surface area contributed by atoms with Crippen LogP contribution in [0.4, 0.5) is 5.69 Å². The van der Waals surface area contributed by atoms with Crippen LogP contribution in [-0.2, 0) is 5.41 Å². The maximum absolute atomic E-state index is 4.47. The summed E-state index contributed by atoms with van der Waals surface area (Å²) < 4.78 is 0. The lowest BCUT2D eigenvalue weighted by Crippen LogP contribution is -2.34. The Balaban J connectivity index is 1.70. The van der Waals surface area contributed by atoms with Gasteiger partial charge in [0.25, 0.3) is 0 Å². The van der Waals surface area contributed by atoms with Gasteiger partial charge in [-0.1, -0.05) is 37.5 Å². The van der Waals surface area contributed by atoms with Gasteiger partial charge in [-0.25, -0.2) is 4.98 Å². The van der Waals surface area contributed by atoms with Crippen molar-refractivity contribution >= 4 is 16.7 Å². The Hall–Kier alpha value is -2.29. The molecule has 0 radical (unpaired) electrons. The highest BCUT2D eigenvalue weighted by molar-refractivity contribution is 5.82. The molecule has 1 atom stereocenters. The summed E-state index contributed by atoms with van der Waals surface area (Å²) in [4.78, 5) is 7.84. The summed E-state index contributed by atoms with van der Waals surface area (Å²) >= 11 is 0. The van der Waals surface area contributed by atoms with Crippen molar-refractivity contribution in [3.05, 3.63) is 59.9 Å². The van der Waals surface area contributed by atoms with E-state index in [0.29, 0.717) is 6.04 Å². The number of fused-ring (bicyclic) bond motifs is 3. The molecule has 3 heterocycles. The Morgan fingerprint density at radius 3 is 2.78 bits per heavy atom. The minimum absolute atomic E-state index is 0.236. The Morgan fingerprint density at radius 2 is 1.87 bits per heavy atom. The zero-order valence-electron chi connectivity index (χ0n) is 13.2. The number of hydrogen-bond acceptors (Lipinski definition) is 2.